The summed E-state index contributed by atoms with van der Waals surface area (Å²) in [4.78, 5) is 6.04. The molecule has 5 nitrogen and oxygen atoms in total. The fourth-order valence-electron chi connectivity index (χ4n) is 2.54. The summed E-state index contributed by atoms with van der Waals surface area (Å²) in [5.74, 6) is 0.523. The smallest absolute Gasteiger partial charge is 0.131 e. The molecule has 3 N–H and O–H groups in total. The highest BCUT2D eigenvalue weighted by atomic mass is 35.5. The maximum Gasteiger partial charge on any atom is 0.131 e. The van der Waals surface area contributed by atoms with Gasteiger partial charge in [0.1, 0.15) is 11.0 Å². The molecule has 23 heavy (non-hydrogen) atoms. The molecule has 0 spiro atoms. The Labute approximate surface area is 144 Å². The van der Waals surface area contributed by atoms with Gasteiger partial charge < -0.3 is 0 Å². The maximum atomic E-state index is 9.29. The molecule has 120 valence electrons. The van der Waals surface area contributed by atoms with Crippen molar-refractivity contribution in [1.82, 2.24) is 21.4 Å². The molecule has 0 saturated carbocycles. The van der Waals surface area contributed by atoms with E-state index in [1.807, 2.05) is 24.3 Å². The van der Waals surface area contributed by atoms with Gasteiger partial charge in [0.15, 0.2) is 0 Å². The fraction of sp³-hybridized carbons (Fsp3) is 0.375. The van der Waals surface area contributed by atoms with E-state index in [9.17, 15) is 5.26 Å². The SMILES string of the molecule is CC(C)Cc1sc(-c2ccc(Cl)cc2)nc1C1NNNC1C#N. The van der Waals surface area contributed by atoms with E-state index in [1.54, 1.807) is 11.3 Å². The number of nitriles is 1. The second-order valence-electron chi connectivity index (χ2n) is 5.93. The number of halogens is 1. The third-order valence-electron chi connectivity index (χ3n) is 3.63. The van der Waals surface area contributed by atoms with Gasteiger partial charge >= 0.3 is 0 Å². The van der Waals surface area contributed by atoms with Crippen LogP contribution in [0.4, 0.5) is 0 Å². The molecule has 1 fully saturated rings. The molecule has 0 bridgehead atoms. The van der Waals surface area contributed by atoms with Crippen LogP contribution >= 0.6 is 22.9 Å². The van der Waals surface area contributed by atoms with Crippen LogP contribution in [0.2, 0.25) is 5.02 Å². The molecular formula is C16H18ClN5S. The summed E-state index contributed by atoms with van der Waals surface area (Å²) < 4.78 is 0. The normalized spacial score (nSPS) is 20.8. The lowest BCUT2D eigenvalue weighted by Crippen LogP contribution is -2.32. The van der Waals surface area contributed by atoms with E-state index < -0.39 is 0 Å². The van der Waals surface area contributed by atoms with E-state index >= 15 is 0 Å². The summed E-state index contributed by atoms with van der Waals surface area (Å²) >= 11 is 7.65. The lowest BCUT2D eigenvalue weighted by Gasteiger charge is -2.12. The summed E-state index contributed by atoms with van der Waals surface area (Å²) in [5, 5.41) is 11.0. The summed E-state index contributed by atoms with van der Waals surface area (Å²) in [5.41, 5.74) is 10.8. The molecule has 2 heterocycles. The van der Waals surface area contributed by atoms with E-state index in [1.165, 1.54) is 4.88 Å². The molecule has 1 aromatic heterocycles. The molecule has 1 saturated heterocycles. The van der Waals surface area contributed by atoms with Crippen molar-refractivity contribution in [1.29, 1.82) is 5.26 Å². The minimum Gasteiger partial charge on any atom is -0.239 e. The molecule has 2 unspecified atom stereocenters. The number of rotatable bonds is 4. The number of benzene rings is 1. The molecule has 1 aliphatic rings. The van der Waals surface area contributed by atoms with Crippen LogP contribution in [0.25, 0.3) is 10.6 Å². The first-order chi connectivity index (χ1) is 11.1. The van der Waals surface area contributed by atoms with Crippen molar-refractivity contribution >= 4 is 22.9 Å². The Bertz CT molecular complexity index is 719. The number of hydrogen-bond acceptors (Lipinski definition) is 6. The average Bonchev–Trinajstić information content (AvgIpc) is 3.13. The highest BCUT2D eigenvalue weighted by Crippen LogP contribution is 2.34. The summed E-state index contributed by atoms with van der Waals surface area (Å²) in [6.45, 7) is 4.37. The lowest BCUT2D eigenvalue weighted by atomic mass is 10.0. The maximum absolute atomic E-state index is 9.29. The van der Waals surface area contributed by atoms with Gasteiger partial charge in [-0.1, -0.05) is 37.6 Å². The van der Waals surface area contributed by atoms with Gasteiger partial charge in [0, 0.05) is 15.5 Å². The Morgan fingerprint density at radius 3 is 2.70 bits per heavy atom. The van der Waals surface area contributed by atoms with Gasteiger partial charge in [0.25, 0.3) is 0 Å². The Hall–Kier alpha value is -1.49. The number of nitrogens with one attached hydrogen (secondary N) is 3. The van der Waals surface area contributed by atoms with Crippen LogP contribution in [0.1, 0.15) is 30.5 Å². The van der Waals surface area contributed by atoms with Crippen molar-refractivity contribution in [2.45, 2.75) is 32.4 Å². The molecule has 2 aromatic rings. The van der Waals surface area contributed by atoms with Gasteiger partial charge in [-0.25, -0.2) is 15.8 Å². The summed E-state index contributed by atoms with van der Waals surface area (Å²) in [6, 6.07) is 9.45. The standard InChI is InChI=1S/C16H18ClN5S/c1-9(2)7-13-15(14-12(8-18)20-22-21-14)19-16(23-13)10-3-5-11(17)6-4-10/h3-6,9,12,14,20-22H,7H2,1-2H3. The van der Waals surface area contributed by atoms with Crippen LogP contribution in [0.3, 0.4) is 0 Å². The summed E-state index contributed by atoms with van der Waals surface area (Å²) in [7, 11) is 0. The van der Waals surface area contributed by atoms with Crippen molar-refractivity contribution in [3.63, 3.8) is 0 Å². The van der Waals surface area contributed by atoms with Crippen molar-refractivity contribution in [2.75, 3.05) is 0 Å². The quantitative estimate of drug-likeness (QED) is 0.792. The van der Waals surface area contributed by atoms with Crippen molar-refractivity contribution in [2.24, 2.45) is 5.92 Å². The van der Waals surface area contributed by atoms with Crippen molar-refractivity contribution in [3.8, 4) is 16.6 Å². The van der Waals surface area contributed by atoms with E-state index in [2.05, 4.69) is 36.3 Å². The molecule has 0 aliphatic carbocycles. The molecule has 0 radical (unpaired) electrons. The second kappa shape index (κ2) is 6.95. The summed E-state index contributed by atoms with van der Waals surface area (Å²) in [6.07, 6.45) is 0.941. The van der Waals surface area contributed by atoms with Gasteiger partial charge in [-0.15, -0.1) is 11.3 Å². The number of hydrogen-bond donors (Lipinski definition) is 3. The minimum absolute atomic E-state index is 0.161. The van der Waals surface area contributed by atoms with E-state index in [0.717, 1.165) is 22.7 Å². The third kappa shape index (κ3) is 3.55. The van der Waals surface area contributed by atoms with Gasteiger partial charge in [0.05, 0.1) is 17.8 Å². The predicted molar refractivity (Wildman–Crippen MR) is 92.7 cm³/mol. The minimum atomic E-state index is -0.346. The Balaban J connectivity index is 2.00. The monoisotopic (exact) mass is 347 g/mol. The molecule has 7 heteroatoms. The molecular weight excluding hydrogens is 330 g/mol. The molecule has 3 rings (SSSR count). The molecule has 0 amide bonds. The van der Waals surface area contributed by atoms with Gasteiger partial charge in [0.2, 0.25) is 0 Å². The highest BCUT2D eigenvalue weighted by Gasteiger charge is 2.32. The van der Waals surface area contributed by atoms with Crippen LogP contribution in [-0.4, -0.2) is 11.0 Å². The van der Waals surface area contributed by atoms with Crippen molar-refractivity contribution in [3.05, 3.63) is 39.9 Å². The van der Waals surface area contributed by atoms with Crippen LogP contribution in [0.5, 0.6) is 0 Å². The average molecular weight is 348 g/mol. The van der Waals surface area contributed by atoms with Crippen LogP contribution in [0, 0.1) is 17.2 Å². The topological polar surface area (TPSA) is 72.8 Å². The first kappa shape index (κ1) is 16.4. The Morgan fingerprint density at radius 2 is 2.04 bits per heavy atom. The van der Waals surface area contributed by atoms with E-state index in [4.69, 9.17) is 16.6 Å². The largest absolute Gasteiger partial charge is 0.239 e. The molecule has 1 aromatic carbocycles. The first-order valence-corrected chi connectivity index (χ1v) is 8.69. The van der Waals surface area contributed by atoms with E-state index in [-0.39, 0.29) is 12.1 Å². The first-order valence-electron chi connectivity index (χ1n) is 7.49. The van der Waals surface area contributed by atoms with Crippen LogP contribution in [0.15, 0.2) is 24.3 Å². The van der Waals surface area contributed by atoms with Crippen molar-refractivity contribution < 1.29 is 0 Å². The van der Waals surface area contributed by atoms with Gasteiger partial charge in [-0.3, -0.25) is 0 Å². The Kier molecular flexibility index (Phi) is 4.95. The Morgan fingerprint density at radius 1 is 1.30 bits per heavy atom. The lowest BCUT2D eigenvalue weighted by molar-refractivity contribution is 0.544. The van der Waals surface area contributed by atoms with Crippen LogP contribution < -0.4 is 16.4 Å². The highest BCUT2D eigenvalue weighted by molar-refractivity contribution is 7.15. The fourth-order valence-corrected chi connectivity index (χ4v) is 3.99. The number of aromatic nitrogens is 1. The van der Waals surface area contributed by atoms with Crippen LogP contribution in [-0.2, 0) is 6.42 Å². The van der Waals surface area contributed by atoms with Gasteiger partial charge in [-0.2, -0.15) is 10.8 Å². The zero-order valence-electron chi connectivity index (χ0n) is 12.9. The second-order valence-corrected chi connectivity index (χ2v) is 7.45. The third-order valence-corrected chi connectivity index (χ3v) is 5.03. The number of hydrazine groups is 2. The zero-order chi connectivity index (χ0) is 16.4. The molecule has 2 atom stereocenters. The number of nitrogens with zero attached hydrogens (tertiary/aromatic N) is 2. The zero-order valence-corrected chi connectivity index (χ0v) is 14.5. The van der Waals surface area contributed by atoms with E-state index in [0.29, 0.717) is 10.9 Å². The van der Waals surface area contributed by atoms with Gasteiger partial charge in [-0.05, 0) is 24.5 Å². The predicted octanol–water partition coefficient (Wildman–Crippen LogP) is 3.21. The number of thiazole rings is 1. The molecule has 1 aliphatic heterocycles.